The van der Waals surface area contributed by atoms with Gasteiger partial charge in [-0.1, -0.05) is 103 Å². The summed E-state index contributed by atoms with van der Waals surface area (Å²) >= 11 is 1.88. The lowest BCUT2D eigenvalue weighted by atomic mass is 9.91. The van der Waals surface area contributed by atoms with E-state index >= 15 is 0 Å². The number of aromatic nitrogens is 1. The van der Waals surface area contributed by atoms with Crippen molar-refractivity contribution in [3.63, 3.8) is 0 Å². The summed E-state index contributed by atoms with van der Waals surface area (Å²) in [7, 11) is 0. The number of furan rings is 1. The smallest absolute Gasteiger partial charge is 0.143 e. The molecule has 5 aromatic carbocycles. The van der Waals surface area contributed by atoms with Gasteiger partial charge in [0, 0.05) is 54.0 Å². The van der Waals surface area contributed by atoms with Crippen LogP contribution in [-0.2, 0) is 0 Å². The molecule has 1 unspecified atom stereocenters. The zero-order valence-electron chi connectivity index (χ0n) is 25.7. The van der Waals surface area contributed by atoms with Crippen molar-refractivity contribution < 1.29 is 4.42 Å². The Hall–Kier alpha value is -5.32. The quantitative estimate of drug-likeness (QED) is 0.183. The molecule has 1 atom stereocenters. The van der Waals surface area contributed by atoms with Crippen LogP contribution >= 0.6 is 11.8 Å². The third-order valence-corrected chi connectivity index (χ3v) is 11.0. The highest BCUT2D eigenvalue weighted by Gasteiger charge is 2.27. The summed E-state index contributed by atoms with van der Waals surface area (Å²) in [6.07, 6.45) is 16.4. The Labute approximate surface area is 277 Å². The van der Waals surface area contributed by atoms with Crippen LogP contribution in [0.2, 0.25) is 0 Å². The molecule has 0 N–H and O–H groups in total. The molecule has 0 amide bonds. The van der Waals surface area contributed by atoms with Crippen LogP contribution in [0.1, 0.15) is 30.9 Å². The van der Waals surface area contributed by atoms with Crippen LogP contribution in [0.15, 0.2) is 159 Å². The third kappa shape index (κ3) is 4.25. The first-order valence-corrected chi connectivity index (χ1v) is 17.2. The number of thioether (sulfide) groups is 1. The van der Waals surface area contributed by atoms with Gasteiger partial charge in [0.1, 0.15) is 11.2 Å². The monoisotopic (exact) mass is 622 g/mol. The van der Waals surface area contributed by atoms with Crippen LogP contribution < -0.4 is 4.90 Å². The second kappa shape index (κ2) is 10.6. The van der Waals surface area contributed by atoms with Crippen molar-refractivity contribution in [2.24, 2.45) is 0 Å². The molecule has 0 spiro atoms. The number of nitrogens with zero attached hydrogens (tertiary/aromatic N) is 2. The van der Waals surface area contributed by atoms with E-state index in [1.54, 1.807) is 0 Å². The number of para-hydroxylation sites is 2. The SMILES string of the molecule is C1=CCC(c2nc3ccccc3c3c2ccc2c4cc(-c5cccc(N6C7=C(C=CCC7)Sc7ccccc76)c5)ccc4oc23)C=C1. The maximum absolute atomic E-state index is 6.74. The normalized spacial score (nSPS) is 17.3. The van der Waals surface area contributed by atoms with Gasteiger partial charge < -0.3 is 9.32 Å². The van der Waals surface area contributed by atoms with E-state index in [9.17, 15) is 0 Å². The molecule has 0 radical (unpaired) electrons. The lowest BCUT2D eigenvalue weighted by Gasteiger charge is -2.36. The molecule has 0 saturated carbocycles. The van der Waals surface area contributed by atoms with Crippen LogP contribution in [0.4, 0.5) is 11.4 Å². The van der Waals surface area contributed by atoms with Gasteiger partial charge in [-0.25, -0.2) is 0 Å². The van der Waals surface area contributed by atoms with Crippen LogP contribution in [0.3, 0.4) is 0 Å². The van der Waals surface area contributed by atoms with E-state index in [0.717, 1.165) is 63.2 Å². The van der Waals surface area contributed by atoms with E-state index < -0.39 is 0 Å². The van der Waals surface area contributed by atoms with Crippen LogP contribution in [0.5, 0.6) is 0 Å². The van der Waals surface area contributed by atoms with Gasteiger partial charge in [-0.3, -0.25) is 4.98 Å². The number of hydrogen-bond acceptors (Lipinski definition) is 4. The molecule has 10 rings (SSSR count). The third-order valence-electron chi connectivity index (χ3n) is 9.80. The molecule has 3 nitrogen and oxygen atoms in total. The van der Waals surface area contributed by atoms with Crippen LogP contribution in [0, 0.1) is 0 Å². The topological polar surface area (TPSA) is 29.3 Å². The molecule has 4 heteroatoms. The number of benzene rings is 5. The Balaban J connectivity index is 1.13. The molecule has 0 bridgehead atoms. The molecular formula is C43H30N2OS. The summed E-state index contributed by atoms with van der Waals surface area (Å²) in [5.41, 5.74) is 10.2. The van der Waals surface area contributed by atoms with E-state index in [0.29, 0.717) is 0 Å². The summed E-state index contributed by atoms with van der Waals surface area (Å²) in [5.74, 6) is 0.245. The predicted molar refractivity (Wildman–Crippen MR) is 197 cm³/mol. The van der Waals surface area contributed by atoms with Gasteiger partial charge in [0.25, 0.3) is 0 Å². The molecule has 1 aliphatic heterocycles. The minimum absolute atomic E-state index is 0.245. The van der Waals surface area contributed by atoms with Crippen LogP contribution in [0.25, 0.3) is 54.7 Å². The van der Waals surface area contributed by atoms with Crippen molar-refractivity contribution in [2.45, 2.75) is 30.1 Å². The molecule has 7 aromatic rings. The second-order valence-electron chi connectivity index (χ2n) is 12.6. The van der Waals surface area contributed by atoms with Crippen molar-refractivity contribution in [1.82, 2.24) is 4.98 Å². The van der Waals surface area contributed by atoms with Crippen molar-refractivity contribution >= 4 is 66.8 Å². The summed E-state index contributed by atoms with van der Waals surface area (Å²) in [6, 6.07) is 37.4. The summed E-state index contributed by atoms with van der Waals surface area (Å²) in [4.78, 5) is 10.3. The van der Waals surface area contributed by atoms with Crippen molar-refractivity contribution in [1.29, 1.82) is 0 Å². The lowest BCUT2D eigenvalue weighted by Crippen LogP contribution is -2.22. The zero-order chi connectivity index (χ0) is 30.9. The van der Waals surface area contributed by atoms with Gasteiger partial charge in [-0.05, 0) is 78.9 Å². The zero-order valence-corrected chi connectivity index (χ0v) is 26.5. The molecule has 224 valence electrons. The second-order valence-corrected chi connectivity index (χ2v) is 13.6. The molecule has 3 aliphatic rings. The molecule has 2 aromatic heterocycles. The fourth-order valence-electron chi connectivity index (χ4n) is 7.60. The van der Waals surface area contributed by atoms with Gasteiger partial charge in [0.2, 0.25) is 0 Å². The Kier molecular flexibility index (Phi) is 6.06. The number of allylic oxidation sites excluding steroid dienone is 7. The molecule has 3 heterocycles. The molecular weight excluding hydrogens is 593 g/mol. The Bertz CT molecular complexity index is 2550. The average Bonchev–Trinajstić information content (AvgIpc) is 3.52. The molecule has 2 aliphatic carbocycles. The standard InChI is InChI=1S/C43H30N2OS/c1-2-11-27(12-3-1)42-33-23-22-31-34-26-29(21-24-38(34)46-43(31)41(33)32-15-4-5-16-35(32)44-42)28-13-10-14-30(25-28)45-36-17-6-8-19-39(36)47-40-20-9-7-18-37(40)45/h1-6,8-11,13-17,19-27H,7,12,18H2. The fraction of sp³-hybridized carbons (Fsp3) is 0.0930. The fourth-order valence-corrected chi connectivity index (χ4v) is 8.72. The maximum atomic E-state index is 6.74. The largest absolute Gasteiger partial charge is 0.455 e. The minimum atomic E-state index is 0.245. The first-order chi connectivity index (χ1) is 23.3. The number of fused-ring (bicyclic) bond motifs is 8. The van der Waals surface area contributed by atoms with E-state index in [1.165, 1.54) is 43.4 Å². The first kappa shape index (κ1) is 26.9. The van der Waals surface area contributed by atoms with E-state index in [2.05, 4.69) is 144 Å². The van der Waals surface area contributed by atoms with Gasteiger partial charge in [-0.15, -0.1) is 0 Å². The number of rotatable bonds is 3. The lowest BCUT2D eigenvalue weighted by molar-refractivity contribution is 0.673. The van der Waals surface area contributed by atoms with Gasteiger partial charge in [0.05, 0.1) is 16.9 Å². The van der Waals surface area contributed by atoms with Crippen LogP contribution in [-0.4, -0.2) is 4.98 Å². The Morgan fingerprint density at radius 3 is 2.60 bits per heavy atom. The van der Waals surface area contributed by atoms with Gasteiger partial charge >= 0.3 is 0 Å². The number of hydrogen-bond donors (Lipinski definition) is 0. The highest BCUT2D eigenvalue weighted by atomic mass is 32.2. The summed E-state index contributed by atoms with van der Waals surface area (Å²) in [6.45, 7) is 0. The average molecular weight is 623 g/mol. The van der Waals surface area contributed by atoms with Crippen molar-refractivity contribution in [2.75, 3.05) is 4.90 Å². The van der Waals surface area contributed by atoms with Gasteiger partial charge in [0.15, 0.2) is 0 Å². The number of pyridine rings is 1. The first-order valence-electron chi connectivity index (χ1n) is 16.4. The highest BCUT2D eigenvalue weighted by Crippen LogP contribution is 2.50. The van der Waals surface area contributed by atoms with Gasteiger partial charge in [-0.2, -0.15) is 0 Å². The molecule has 47 heavy (non-hydrogen) atoms. The van der Waals surface area contributed by atoms with Crippen molar-refractivity contribution in [3.05, 3.63) is 156 Å². The Morgan fingerprint density at radius 2 is 1.64 bits per heavy atom. The number of anilines is 2. The van der Waals surface area contributed by atoms with Crippen molar-refractivity contribution in [3.8, 4) is 11.1 Å². The summed E-state index contributed by atoms with van der Waals surface area (Å²) < 4.78 is 6.74. The van der Waals surface area contributed by atoms with E-state index in [-0.39, 0.29) is 5.92 Å². The van der Waals surface area contributed by atoms with E-state index in [4.69, 9.17) is 9.40 Å². The Morgan fingerprint density at radius 1 is 0.745 bits per heavy atom. The maximum Gasteiger partial charge on any atom is 0.143 e. The summed E-state index contributed by atoms with van der Waals surface area (Å²) in [5, 5.41) is 5.72. The minimum Gasteiger partial charge on any atom is -0.455 e. The highest BCUT2D eigenvalue weighted by molar-refractivity contribution is 8.03. The van der Waals surface area contributed by atoms with E-state index in [1.807, 2.05) is 11.8 Å². The molecule has 0 fully saturated rings. The molecule has 0 saturated heterocycles. The predicted octanol–water partition coefficient (Wildman–Crippen LogP) is 12.4.